The minimum atomic E-state index is -4.11. The highest BCUT2D eigenvalue weighted by atomic mass is 79.9. The van der Waals surface area contributed by atoms with E-state index in [2.05, 4.69) is 26.1 Å². The van der Waals surface area contributed by atoms with Crippen LogP contribution in [0.5, 0.6) is 0 Å². The van der Waals surface area contributed by atoms with Gasteiger partial charge in [0, 0.05) is 47.8 Å². The standard InChI is InChI=1S/C27H26BrClFN3O3S/c28-22-15-21(16-23(29)17-22)27(8-9-27)31-26(34)20-6-7-24(30)25(14-20)37(35,36)33-12-10-32(11-13-33)18-19-4-2-1-3-5-19/h1-7,14-17H,8-13,18H2,(H,31,34). The molecule has 1 aliphatic carbocycles. The average Bonchev–Trinajstić information content (AvgIpc) is 3.65. The van der Waals surface area contributed by atoms with Crippen molar-refractivity contribution in [2.45, 2.75) is 29.8 Å². The quantitative estimate of drug-likeness (QED) is 0.403. The SMILES string of the molecule is O=C(NC1(c2cc(Cl)cc(Br)c2)CC1)c1ccc(F)c(S(=O)(=O)N2CCN(Cc3ccccc3)CC2)c1. The van der Waals surface area contributed by atoms with Gasteiger partial charge < -0.3 is 5.32 Å². The molecule has 37 heavy (non-hydrogen) atoms. The number of benzene rings is 3. The summed E-state index contributed by atoms with van der Waals surface area (Å²) in [6, 6.07) is 18.9. The summed E-state index contributed by atoms with van der Waals surface area (Å²) in [5.41, 5.74) is 1.54. The zero-order valence-corrected chi connectivity index (χ0v) is 23.1. The first-order chi connectivity index (χ1) is 17.7. The number of carbonyl (C=O) groups excluding carboxylic acids is 1. The summed E-state index contributed by atoms with van der Waals surface area (Å²) >= 11 is 9.62. The summed E-state index contributed by atoms with van der Waals surface area (Å²) in [5, 5.41) is 3.55. The Bertz CT molecular complexity index is 1410. The second kappa shape index (κ2) is 10.5. The highest BCUT2D eigenvalue weighted by molar-refractivity contribution is 9.10. The van der Waals surface area contributed by atoms with Crippen LogP contribution < -0.4 is 5.32 Å². The van der Waals surface area contributed by atoms with E-state index in [0.29, 0.717) is 18.1 Å². The highest BCUT2D eigenvalue weighted by Gasteiger charge is 2.46. The van der Waals surface area contributed by atoms with E-state index in [-0.39, 0.29) is 18.7 Å². The second-order valence-corrected chi connectivity index (χ2v) is 12.8. The lowest BCUT2D eigenvalue weighted by Crippen LogP contribution is -2.48. The lowest BCUT2D eigenvalue weighted by atomic mass is 10.0. The van der Waals surface area contributed by atoms with Gasteiger partial charge >= 0.3 is 0 Å². The van der Waals surface area contributed by atoms with E-state index in [1.165, 1.54) is 10.4 Å². The number of halogens is 3. The van der Waals surface area contributed by atoms with Gasteiger partial charge in [0.05, 0.1) is 5.54 Å². The largest absolute Gasteiger partial charge is 0.343 e. The molecular formula is C27H26BrClFN3O3S. The Balaban J connectivity index is 1.30. The topological polar surface area (TPSA) is 69.7 Å². The third-order valence-electron chi connectivity index (χ3n) is 6.91. The molecular weight excluding hydrogens is 581 g/mol. The predicted octanol–water partition coefficient (Wildman–Crippen LogP) is 5.17. The number of carbonyl (C=O) groups is 1. The normalized spacial score (nSPS) is 17.9. The van der Waals surface area contributed by atoms with Crippen LogP contribution in [0, 0.1) is 5.82 Å². The van der Waals surface area contributed by atoms with Gasteiger partial charge in [0.1, 0.15) is 10.7 Å². The van der Waals surface area contributed by atoms with Gasteiger partial charge in [0.15, 0.2) is 0 Å². The van der Waals surface area contributed by atoms with Gasteiger partial charge in [-0.1, -0.05) is 57.9 Å². The Hall–Kier alpha value is -2.30. The Kier molecular flexibility index (Phi) is 7.44. The average molecular weight is 607 g/mol. The number of hydrogen-bond donors (Lipinski definition) is 1. The number of piperazine rings is 1. The van der Waals surface area contributed by atoms with Crippen LogP contribution in [0.15, 0.2) is 76.1 Å². The maximum absolute atomic E-state index is 14.8. The summed E-state index contributed by atoms with van der Waals surface area (Å²) in [4.78, 5) is 14.8. The van der Waals surface area contributed by atoms with E-state index in [9.17, 15) is 17.6 Å². The molecule has 0 spiro atoms. The van der Waals surface area contributed by atoms with E-state index in [1.807, 2.05) is 36.4 Å². The van der Waals surface area contributed by atoms with Crippen molar-refractivity contribution in [3.8, 4) is 0 Å². The molecule has 0 bridgehead atoms. The van der Waals surface area contributed by atoms with Crippen LogP contribution in [0.3, 0.4) is 0 Å². The molecule has 5 rings (SSSR count). The zero-order valence-electron chi connectivity index (χ0n) is 20.0. The van der Waals surface area contributed by atoms with E-state index in [4.69, 9.17) is 11.6 Å². The first-order valence-electron chi connectivity index (χ1n) is 12.0. The lowest BCUT2D eigenvalue weighted by molar-refractivity contribution is 0.0930. The van der Waals surface area contributed by atoms with Crippen molar-refractivity contribution in [3.63, 3.8) is 0 Å². The van der Waals surface area contributed by atoms with Crippen molar-refractivity contribution >= 4 is 43.5 Å². The lowest BCUT2D eigenvalue weighted by Gasteiger charge is -2.34. The molecule has 1 saturated heterocycles. The van der Waals surface area contributed by atoms with Crippen molar-refractivity contribution in [1.82, 2.24) is 14.5 Å². The predicted molar refractivity (Wildman–Crippen MR) is 144 cm³/mol. The molecule has 1 saturated carbocycles. The Morgan fingerprint density at radius 1 is 1.00 bits per heavy atom. The molecule has 0 aromatic heterocycles. The van der Waals surface area contributed by atoms with Gasteiger partial charge in [0.2, 0.25) is 10.0 Å². The zero-order chi connectivity index (χ0) is 26.2. The van der Waals surface area contributed by atoms with E-state index >= 15 is 0 Å². The molecule has 194 valence electrons. The van der Waals surface area contributed by atoms with Crippen LogP contribution in [0.25, 0.3) is 0 Å². The van der Waals surface area contributed by atoms with Crippen LogP contribution in [0.2, 0.25) is 5.02 Å². The van der Waals surface area contributed by atoms with Gasteiger partial charge in [-0.25, -0.2) is 12.8 Å². The highest BCUT2D eigenvalue weighted by Crippen LogP contribution is 2.47. The molecule has 10 heteroatoms. The minimum Gasteiger partial charge on any atom is -0.343 e. The molecule has 1 aliphatic heterocycles. The van der Waals surface area contributed by atoms with E-state index in [0.717, 1.165) is 47.1 Å². The first-order valence-corrected chi connectivity index (χ1v) is 14.6. The molecule has 1 amide bonds. The summed E-state index contributed by atoms with van der Waals surface area (Å²) in [6.45, 7) is 2.29. The third-order valence-corrected chi connectivity index (χ3v) is 9.50. The van der Waals surface area contributed by atoms with Crippen LogP contribution >= 0.6 is 27.5 Å². The van der Waals surface area contributed by atoms with Crippen LogP contribution in [-0.4, -0.2) is 49.7 Å². The van der Waals surface area contributed by atoms with Crippen LogP contribution in [-0.2, 0) is 22.1 Å². The van der Waals surface area contributed by atoms with Crippen molar-refractivity contribution < 1.29 is 17.6 Å². The van der Waals surface area contributed by atoms with Crippen molar-refractivity contribution in [3.05, 3.63) is 98.7 Å². The maximum atomic E-state index is 14.8. The van der Waals surface area contributed by atoms with E-state index < -0.39 is 32.2 Å². The Morgan fingerprint density at radius 3 is 2.35 bits per heavy atom. The third kappa shape index (κ3) is 5.76. The van der Waals surface area contributed by atoms with Crippen LogP contribution in [0.4, 0.5) is 4.39 Å². The molecule has 3 aromatic rings. The molecule has 2 fully saturated rings. The fraction of sp³-hybridized carbons (Fsp3) is 0.296. The number of nitrogens with one attached hydrogen (secondary N) is 1. The maximum Gasteiger partial charge on any atom is 0.252 e. The number of rotatable bonds is 7. The van der Waals surface area contributed by atoms with Crippen LogP contribution in [0.1, 0.15) is 34.3 Å². The summed E-state index contributed by atoms with van der Waals surface area (Å²) in [7, 11) is -4.11. The van der Waals surface area contributed by atoms with Gasteiger partial charge in [0.25, 0.3) is 5.91 Å². The summed E-state index contributed by atoms with van der Waals surface area (Å²) in [5.74, 6) is -1.33. The molecule has 0 radical (unpaired) electrons. The van der Waals surface area contributed by atoms with Gasteiger partial charge in [-0.3, -0.25) is 9.69 Å². The minimum absolute atomic E-state index is 0.0926. The number of hydrogen-bond acceptors (Lipinski definition) is 4. The number of nitrogens with zero attached hydrogens (tertiary/aromatic N) is 2. The number of amides is 1. The first kappa shape index (κ1) is 26.3. The molecule has 3 aromatic carbocycles. The van der Waals surface area contributed by atoms with Crippen molar-refractivity contribution in [2.24, 2.45) is 0 Å². The van der Waals surface area contributed by atoms with Crippen molar-refractivity contribution in [2.75, 3.05) is 26.2 Å². The van der Waals surface area contributed by atoms with Gasteiger partial charge in [-0.15, -0.1) is 0 Å². The molecule has 1 N–H and O–H groups in total. The summed E-state index contributed by atoms with van der Waals surface area (Å²) < 4.78 is 43.6. The fourth-order valence-corrected chi connectivity index (χ4v) is 7.05. The molecule has 6 nitrogen and oxygen atoms in total. The van der Waals surface area contributed by atoms with Gasteiger partial charge in [-0.2, -0.15) is 4.31 Å². The molecule has 1 heterocycles. The fourth-order valence-electron chi connectivity index (χ4n) is 4.68. The smallest absolute Gasteiger partial charge is 0.252 e. The molecule has 0 unspecified atom stereocenters. The number of sulfonamides is 1. The van der Waals surface area contributed by atoms with E-state index in [1.54, 1.807) is 12.1 Å². The van der Waals surface area contributed by atoms with Crippen molar-refractivity contribution in [1.29, 1.82) is 0 Å². The second-order valence-electron chi connectivity index (χ2n) is 9.51. The Labute approximate surface area is 229 Å². The van der Waals surface area contributed by atoms with Gasteiger partial charge in [-0.05, 0) is 60.4 Å². The monoisotopic (exact) mass is 605 g/mol. The Morgan fingerprint density at radius 2 is 1.70 bits per heavy atom. The molecule has 2 aliphatic rings. The molecule has 0 atom stereocenters. The summed E-state index contributed by atoms with van der Waals surface area (Å²) in [6.07, 6.45) is 1.45.